The minimum atomic E-state index is -0.268. The van der Waals surface area contributed by atoms with Crippen LogP contribution in [0.5, 0.6) is 11.5 Å². The molecule has 0 amide bonds. The quantitative estimate of drug-likeness (QED) is 0.348. The number of benzene rings is 3. The van der Waals surface area contributed by atoms with Crippen molar-refractivity contribution in [2.75, 3.05) is 0 Å². The summed E-state index contributed by atoms with van der Waals surface area (Å²) in [5.74, 6) is -0.519. The van der Waals surface area contributed by atoms with E-state index in [1.165, 1.54) is 12.1 Å². The van der Waals surface area contributed by atoms with Gasteiger partial charge in [0, 0.05) is 17.0 Å². The smallest absolute Gasteiger partial charge is 0.223 e. The summed E-state index contributed by atoms with van der Waals surface area (Å²) in [6, 6.07) is 18.0. The average Bonchev–Trinajstić information content (AvgIpc) is 3.13. The van der Waals surface area contributed by atoms with Gasteiger partial charge in [0.2, 0.25) is 5.28 Å². The molecule has 0 saturated carbocycles. The predicted molar refractivity (Wildman–Crippen MR) is 106 cm³/mol. The third-order valence-electron chi connectivity index (χ3n) is 4.48. The molecule has 136 valence electrons. The van der Waals surface area contributed by atoms with Crippen molar-refractivity contribution in [3.05, 3.63) is 65.9 Å². The van der Waals surface area contributed by atoms with Crippen LogP contribution in [0.4, 0.5) is 0 Å². The van der Waals surface area contributed by atoms with Crippen LogP contribution in [0.25, 0.3) is 38.9 Å². The zero-order chi connectivity index (χ0) is 19.3. The Morgan fingerprint density at radius 1 is 0.821 bits per heavy atom. The largest absolute Gasteiger partial charge is 0.504 e. The van der Waals surface area contributed by atoms with Gasteiger partial charge < -0.3 is 10.2 Å². The fraction of sp³-hybridized carbons (Fsp3) is 0. The summed E-state index contributed by atoms with van der Waals surface area (Å²) >= 11 is 6.09. The van der Waals surface area contributed by atoms with Crippen LogP contribution in [0.1, 0.15) is 0 Å². The van der Waals surface area contributed by atoms with E-state index in [2.05, 4.69) is 20.3 Å². The van der Waals surface area contributed by atoms with E-state index >= 15 is 0 Å². The number of rotatable bonds is 2. The third-order valence-corrected chi connectivity index (χ3v) is 4.65. The molecule has 2 N–H and O–H groups in total. The molecule has 8 heteroatoms. The highest BCUT2D eigenvalue weighted by atomic mass is 35.5. The summed E-state index contributed by atoms with van der Waals surface area (Å²) in [5, 5.41) is 28.7. The van der Waals surface area contributed by atoms with Crippen LogP contribution in [-0.2, 0) is 0 Å². The van der Waals surface area contributed by atoms with E-state index in [0.717, 1.165) is 22.3 Å². The molecule has 0 aliphatic carbocycles. The Bertz CT molecular complexity index is 1370. The highest BCUT2D eigenvalue weighted by Crippen LogP contribution is 2.35. The van der Waals surface area contributed by atoms with Gasteiger partial charge in [0.1, 0.15) is 5.52 Å². The molecule has 3 aromatic carbocycles. The number of halogens is 1. The molecule has 5 rings (SSSR count). The molecule has 28 heavy (non-hydrogen) atoms. The number of nitrogens with zero attached hydrogens (tertiary/aromatic N) is 5. The number of fused-ring (bicyclic) bond motifs is 2. The van der Waals surface area contributed by atoms with Crippen LogP contribution in [0, 0.1) is 0 Å². The normalized spacial score (nSPS) is 11.3. The van der Waals surface area contributed by atoms with Gasteiger partial charge in [-0.3, -0.25) is 0 Å². The van der Waals surface area contributed by atoms with Gasteiger partial charge in [-0.05, 0) is 41.9 Å². The maximum absolute atomic E-state index is 9.92. The highest BCUT2D eigenvalue weighted by Gasteiger charge is 2.14. The lowest BCUT2D eigenvalue weighted by Crippen LogP contribution is -1.98. The molecule has 0 radical (unpaired) electrons. The van der Waals surface area contributed by atoms with Crippen molar-refractivity contribution >= 4 is 33.5 Å². The molecule has 0 atom stereocenters. The van der Waals surface area contributed by atoms with Crippen molar-refractivity contribution in [3.8, 4) is 28.4 Å². The van der Waals surface area contributed by atoms with E-state index in [-0.39, 0.29) is 16.8 Å². The number of aromatic nitrogens is 5. The van der Waals surface area contributed by atoms with E-state index in [4.69, 9.17) is 11.6 Å². The molecule has 5 aromatic rings. The number of hydrogen-bond donors (Lipinski definition) is 2. The van der Waals surface area contributed by atoms with Crippen LogP contribution in [0.15, 0.2) is 60.7 Å². The third kappa shape index (κ3) is 2.60. The van der Waals surface area contributed by atoms with E-state index in [1.807, 2.05) is 48.5 Å². The molecule has 0 spiro atoms. The van der Waals surface area contributed by atoms with Gasteiger partial charge in [-0.2, -0.15) is 0 Å². The Balaban J connectivity index is 1.73. The molecule has 0 bridgehead atoms. The number of hydrogen-bond acceptors (Lipinski definition) is 6. The lowest BCUT2D eigenvalue weighted by atomic mass is 10.1. The lowest BCUT2D eigenvalue weighted by Gasteiger charge is -2.10. The van der Waals surface area contributed by atoms with Gasteiger partial charge in [-0.15, -0.1) is 5.10 Å². The van der Waals surface area contributed by atoms with Gasteiger partial charge in [-0.25, -0.2) is 14.6 Å². The molecule has 0 fully saturated rings. The topological polar surface area (TPSA) is 97.0 Å². The second-order valence-corrected chi connectivity index (χ2v) is 6.58. The van der Waals surface area contributed by atoms with E-state index in [0.29, 0.717) is 16.6 Å². The van der Waals surface area contributed by atoms with E-state index in [1.54, 1.807) is 4.68 Å². The van der Waals surface area contributed by atoms with Crippen LogP contribution >= 0.6 is 11.6 Å². The summed E-state index contributed by atoms with van der Waals surface area (Å²) in [6.07, 6.45) is 0. The fourth-order valence-electron chi connectivity index (χ4n) is 3.19. The van der Waals surface area contributed by atoms with Crippen LogP contribution in [0.2, 0.25) is 5.28 Å². The van der Waals surface area contributed by atoms with Crippen LogP contribution < -0.4 is 0 Å². The summed E-state index contributed by atoms with van der Waals surface area (Å²) < 4.78 is 1.74. The molecular weight excluding hydrogens is 378 g/mol. The summed E-state index contributed by atoms with van der Waals surface area (Å²) in [4.78, 5) is 8.48. The predicted octanol–water partition coefficient (Wildman–Crippen LogP) is 4.10. The molecule has 0 saturated heterocycles. The summed E-state index contributed by atoms with van der Waals surface area (Å²) in [6.45, 7) is 0. The van der Waals surface area contributed by atoms with E-state index in [9.17, 15) is 10.2 Å². The minimum absolute atomic E-state index is 0.0456. The van der Waals surface area contributed by atoms with Crippen molar-refractivity contribution in [1.82, 2.24) is 25.0 Å². The average molecular weight is 390 g/mol. The minimum Gasteiger partial charge on any atom is -0.504 e. The fourth-order valence-corrected chi connectivity index (χ4v) is 3.37. The molecule has 2 aromatic heterocycles. The Kier molecular flexibility index (Phi) is 3.63. The second-order valence-electron chi connectivity index (χ2n) is 6.24. The van der Waals surface area contributed by atoms with Crippen molar-refractivity contribution in [1.29, 1.82) is 0 Å². The first-order valence-corrected chi connectivity index (χ1v) is 8.78. The van der Waals surface area contributed by atoms with E-state index < -0.39 is 0 Å². The highest BCUT2D eigenvalue weighted by molar-refractivity contribution is 6.28. The Labute approximate surface area is 163 Å². The summed E-state index contributed by atoms with van der Waals surface area (Å²) in [7, 11) is 0. The van der Waals surface area contributed by atoms with Gasteiger partial charge in [-0.1, -0.05) is 29.5 Å². The maximum Gasteiger partial charge on any atom is 0.223 e. The monoisotopic (exact) mass is 389 g/mol. The Morgan fingerprint density at radius 2 is 1.64 bits per heavy atom. The molecule has 2 heterocycles. The number of para-hydroxylation sites is 1. The molecule has 0 unspecified atom stereocenters. The SMILES string of the molecule is Oc1cc2nc(Cl)nc(-c3cccc(-n4nnc5ccccc54)c3)c2cc1O. The van der Waals surface area contributed by atoms with Crippen LogP contribution in [0.3, 0.4) is 0 Å². The van der Waals surface area contributed by atoms with Gasteiger partial charge in [0.25, 0.3) is 0 Å². The number of aromatic hydroxyl groups is 2. The standard InChI is InChI=1S/C20H12ClN5O2/c21-20-22-15-10-18(28)17(27)9-13(15)19(23-20)11-4-3-5-12(8-11)26-16-7-2-1-6-14(16)24-25-26/h1-10,27-28H. The van der Waals surface area contributed by atoms with Crippen molar-refractivity contribution in [2.45, 2.75) is 0 Å². The molecule has 0 aliphatic rings. The van der Waals surface area contributed by atoms with Crippen molar-refractivity contribution < 1.29 is 10.2 Å². The van der Waals surface area contributed by atoms with Gasteiger partial charge in [0.15, 0.2) is 11.5 Å². The molecule has 0 aliphatic heterocycles. The summed E-state index contributed by atoms with van der Waals surface area (Å²) in [5.41, 5.74) is 4.21. The number of phenols is 2. The van der Waals surface area contributed by atoms with Gasteiger partial charge in [0.05, 0.1) is 22.4 Å². The first kappa shape index (κ1) is 16.5. The number of phenolic OH excluding ortho intramolecular Hbond substituents is 2. The maximum atomic E-state index is 9.92. The first-order chi connectivity index (χ1) is 13.6. The first-order valence-electron chi connectivity index (χ1n) is 8.40. The van der Waals surface area contributed by atoms with Gasteiger partial charge >= 0.3 is 0 Å². The van der Waals surface area contributed by atoms with Crippen LogP contribution in [-0.4, -0.2) is 35.2 Å². The lowest BCUT2D eigenvalue weighted by molar-refractivity contribution is 0.405. The molecule has 7 nitrogen and oxygen atoms in total. The Morgan fingerprint density at radius 3 is 2.54 bits per heavy atom. The van der Waals surface area contributed by atoms with Crippen molar-refractivity contribution in [2.24, 2.45) is 0 Å². The van der Waals surface area contributed by atoms with Crippen molar-refractivity contribution in [3.63, 3.8) is 0 Å². The Hall–Kier alpha value is -3.71. The second kappa shape index (κ2) is 6.17. The molecular formula is C20H12ClN5O2. The zero-order valence-electron chi connectivity index (χ0n) is 14.3. The zero-order valence-corrected chi connectivity index (χ0v) is 15.0.